The molecule has 0 radical (unpaired) electrons. The zero-order valence-corrected chi connectivity index (χ0v) is 28.9. The molecule has 0 saturated carbocycles. The number of aromatic nitrogens is 3. The SMILES string of the molecule is c1ccc(-c2nc(-c3ccccc3)nc(-c3cccc(-c4ccc5ccc6c(c5c4)C(c4ccccc4)(c4ccccc4)c4ccccc4-6)c3)n2)cc1. The number of hydrogen-bond acceptors (Lipinski definition) is 3. The molecule has 53 heavy (non-hydrogen) atoms. The van der Waals surface area contributed by atoms with E-state index in [0.29, 0.717) is 17.5 Å². The molecular formula is C50H33N3. The Kier molecular flexibility index (Phi) is 7.36. The molecule has 1 heterocycles. The van der Waals surface area contributed by atoms with Crippen molar-refractivity contribution in [3.8, 4) is 56.4 Å². The number of hydrogen-bond donors (Lipinski definition) is 0. The van der Waals surface area contributed by atoms with Crippen LogP contribution in [0.25, 0.3) is 67.2 Å². The van der Waals surface area contributed by atoms with Gasteiger partial charge in [-0.25, -0.2) is 15.0 Å². The van der Waals surface area contributed by atoms with E-state index in [2.05, 4.69) is 140 Å². The van der Waals surface area contributed by atoms with Gasteiger partial charge < -0.3 is 0 Å². The van der Waals surface area contributed by atoms with Crippen molar-refractivity contribution in [2.45, 2.75) is 5.41 Å². The molecule has 1 aliphatic carbocycles. The van der Waals surface area contributed by atoms with Crippen molar-refractivity contribution in [2.75, 3.05) is 0 Å². The van der Waals surface area contributed by atoms with Crippen molar-refractivity contribution in [3.63, 3.8) is 0 Å². The Morgan fingerprint density at radius 1 is 0.321 bits per heavy atom. The lowest BCUT2D eigenvalue weighted by atomic mass is 9.66. The number of fused-ring (bicyclic) bond motifs is 5. The maximum Gasteiger partial charge on any atom is 0.164 e. The van der Waals surface area contributed by atoms with Crippen molar-refractivity contribution in [3.05, 3.63) is 222 Å². The van der Waals surface area contributed by atoms with Crippen LogP contribution in [0.2, 0.25) is 0 Å². The Morgan fingerprint density at radius 3 is 1.42 bits per heavy atom. The van der Waals surface area contributed by atoms with Crippen molar-refractivity contribution in [1.29, 1.82) is 0 Å². The highest BCUT2D eigenvalue weighted by atomic mass is 15.0. The highest BCUT2D eigenvalue weighted by Gasteiger charge is 2.47. The van der Waals surface area contributed by atoms with E-state index in [9.17, 15) is 0 Å². The molecule has 0 fully saturated rings. The first-order valence-electron chi connectivity index (χ1n) is 18.0. The topological polar surface area (TPSA) is 38.7 Å². The van der Waals surface area contributed by atoms with E-state index >= 15 is 0 Å². The second-order valence-electron chi connectivity index (χ2n) is 13.6. The molecule has 0 N–H and O–H groups in total. The summed E-state index contributed by atoms with van der Waals surface area (Å²) in [6, 6.07) is 71.3. The van der Waals surface area contributed by atoms with Crippen LogP contribution >= 0.6 is 0 Å². The fourth-order valence-electron chi connectivity index (χ4n) is 8.23. The molecule has 3 heteroatoms. The van der Waals surface area contributed by atoms with Crippen molar-refractivity contribution in [1.82, 2.24) is 15.0 Å². The van der Waals surface area contributed by atoms with Crippen LogP contribution in [0.5, 0.6) is 0 Å². The first-order valence-corrected chi connectivity index (χ1v) is 18.0. The van der Waals surface area contributed by atoms with Gasteiger partial charge in [0.05, 0.1) is 5.41 Å². The summed E-state index contributed by atoms with van der Waals surface area (Å²) >= 11 is 0. The van der Waals surface area contributed by atoms with Gasteiger partial charge in [-0.15, -0.1) is 0 Å². The lowest BCUT2D eigenvalue weighted by Gasteiger charge is -2.34. The summed E-state index contributed by atoms with van der Waals surface area (Å²) in [7, 11) is 0. The van der Waals surface area contributed by atoms with Crippen LogP contribution in [-0.4, -0.2) is 15.0 Å². The summed E-state index contributed by atoms with van der Waals surface area (Å²) < 4.78 is 0. The summed E-state index contributed by atoms with van der Waals surface area (Å²) in [5.74, 6) is 1.95. The van der Waals surface area contributed by atoms with Gasteiger partial charge in [-0.05, 0) is 67.4 Å². The van der Waals surface area contributed by atoms with Crippen molar-refractivity contribution >= 4 is 10.8 Å². The third-order valence-corrected chi connectivity index (χ3v) is 10.6. The van der Waals surface area contributed by atoms with E-state index in [-0.39, 0.29) is 0 Å². The Bertz CT molecular complexity index is 2660. The van der Waals surface area contributed by atoms with Crippen molar-refractivity contribution in [2.24, 2.45) is 0 Å². The lowest BCUT2D eigenvalue weighted by molar-refractivity contribution is 0.775. The highest BCUT2D eigenvalue weighted by molar-refractivity contribution is 6.01. The molecule has 9 aromatic rings. The third-order valence-electron chi connectivity index (χ3n) is 10.6. The predicted octanol–water partition coefficient (Wildman–Crippen LogP) is 12.1. The van der Waals surface area contributed by atoms with Gasteiger partial charge in [0.1, 0.15) is 0 Å². The maximum atomic E-state index is 5.02. The van der Waals surface area contributed by atoms with E-state index in [1.807, 2.05) is 60.7 Å². The second kappa shape index (κ2) is 12.7. The summed E-state index contributed by atoms with van der Waals surface area (Å²) in [6.45, 7) is 0. The van der Waals surface area contributed by atoms with Gasteiger partial charge in [0.2, 0.25) is 0 Å². The molecule has 0 unspecified atom stereocenters. The summed E-state index contributed by atoms with van der Waals surface area (Å²) in [6.07, 6.45) is 0. The zero-order valence-electron chi connectivity index (χ0n) is 28.9. The van der Waals surface area contributed by atoms with E-state index in [0.717, 1.165) is 27.8 Å². The smallest absolute Gasteiger partial charge is 0.164 e. The van der Waals surface area contributed by atoms with Crippen LogP contribution < -0.4 is 0 Å². The van der Waals surface area contributed by atoms with E-state index < -0.39 is 5.41 Å². The highest BCUT2D eigenvalue weighted by Crippen LogP contribution is 2.58. The lowest BCUT2D eigenvalue weighted by Crippen LogP contribution is -2.28. The third kappa shape index (κ3) is 5.09. The molecule has 0 atom stereocenters. The van der Waals surface area contributed by atoms with Crippen LogP contribution in [-0.2, 0) is 5.41 Å². The van der Waals surface area contributed by atoms with Crippen molar-refractivity contribution < 1.29 is 0 Å². The zero-order chi connectivity index (χ0) is 35.2. The standard InChI is InChI=1S/C50H33N3/c1-5-16-35(17-6-1)47-51-48(36-18-7-2-8-19-36)53-49(52-47)39-21-15-20-37(32-39)38-29-28-34-30-31-43-42-26-13-14-27-45(42)50(46(43)44(34)33-38,40-22-9-3-10-23-40)41-24-11-4-12-25-41/h1-33H. The van der Waals surface area contributed by atoms with Gasteiger partial charge in [-0.2, -0.15) is 0 Å². The molecule has 0 saturated heterocycles. The molecule has 10 rings (SSSR count). The van der Waals surface area contributed by atoms with E-state index in [1.165, 1.54) is 44.2 Å². The summed E-state index contributed by atoms with van der Waals surface area (Å²) in [5, 5.41) is 2.46. The Labute approximate surface area is 309 Å². The fraction of sp³-hybridized carbons (Fsp3) is 0.0200. The quantitative estimate of drug-likeness (QED) is 0.176. The Hall–Kier alpha value is -6.97. The molecule has 1 aromatic heterocycles. The van der Waals surface area contributed by atoms with Gasteiger partial charge in [0.25, 0.3) is 0 Å². The molecule has 0 bridgehead atoms. The average molecular weight is 676 g/mol. The van der Waals surface area contributed by atoms with Crippen LogP contribution in [0.1, 0.15) is 22.3 Å². The molecule has 3 nitrogen and oxygen atoms in total. The predicted molar refractivity (Wildman–Crippen MR) is 216 cm³/mol. The van der Waals surface area contributed by atoms with E-state index in [1.54, 1.807) is 0 Å². The van der Waals surface area contributed by atoms with Crippen LogP contribution in [0.3, 0.4) is 0 Å². The first-order chi connectivity index (χ1) is 26.3. The fourth-order valence-corrected chi connectivity index (χ4v) is 8.23. The Balaban J connectivity index is 1.17. The van der Waals surface area contributed by atoms with Crippen LogP contribution in [0.4, 0.5) is 0 Å². The minimum Gasteiger partial charge on any atom is -0.208 e. The molecular weight excluding hydrogens is 643 g/mol. The minimum atomic E-state index is -0.485. The molecule has 1 aliphatic rings. The molecule has 248 valence electrons. The molecule has 0 aliphatic heterocycles. The largest absolute Gasteiger partial charge is 0.208 e. The van der Waals surface area contributed by atoms with E-state index in [4.69, 9.17) is 15.0 Å². The molecule has 0 spiro atoms. The van der Waals surface area contributed by atoms with Crippen LogP contribution in [0.15, 0.2) is 200 Å². The number of rotatable bonds is 6. The molecule has 0 amide bonds. The molecule has 8 aromatic carbocycles. The maximum absolute atomic E-state index is 5.02. The summed E-state index contributed by atoms with van der Waals surface area (Å²) in [5.41, 5.74) is 12.3. The normalized spacial score (nSPS) is 12.7. The Morgan fingerprint density at radius 2 is 0.792 bits per heavy atom. The van der Waals surface area contributed by atoms with Gasteiger partial charge in [0.15, 0.2) is 17.5 Å². The van der Waals surface area contributed by atoms with Gasteiger partial charge in [-0.3, -0.25) is 0 Å². The minimum absolute atomic E-state index is 0.485. The second-order valence-corrected chi connectivity index (χ2v) is 13.6. The average Bonchev–Trinajstić information content (AvgIpc) is 3.56. The van der Waals surface area contributed by atoms with Crippen LogP contribution in [0, 0.1) is 0 Å². The summed E-state index contributed by atoms with van der Waals surface area (Å²) in [4.78, 5) is 14.9. The number of benzene rings is 8. The monoisotopic (exact) mass is 675 g/mol. The number of nitrogens with zero attached hydrogens (tertiary/aromatic N) is 3. The first kappa shape index (κ1) is 30.8. The van der Waals surface area contributed by atoms with Gasteiger partial charge >= 0.3 is 0 Å². The van der Waals surface area contributed by atoms with Gasteiger partial charge in [-0.1, -0.05) is 188 Å². The van der Waals surface area contributed by atoms with Gasteiger partial charge in [0, 0.05) is 16.7 Å².